The molecule has 0 radical (unpaired) electrons. The van der Waals surface area contributed by atoms with Gasteiger partial charge in [0.15, 0.2) is 0 Å². The fraction of sp³-hybridized carbons (Fsp3) is 0.111. The Labute approximate surface area is 81.5 Å². The molecule has 0 spiro atoms. The fourth-order valence-electron chi connectivity index (χ4n) is 0.831. The van der Waals surface area contributed by atoms with E-state index in [-0.39, 0.29) is 0 Å². The van der Waals surface area contributed by atoms with Crippen LogP contribution >= 0.6 is 0 Å². The van der Waals surface area contributed by atoms with E-state index in [0.29, 0.717) is 10.7 Å². The molecule has 0 saturated heterocycles. The Morgan fingerprint density at radius 2 is 1.86 bits per heavy atom. The van der Waals surface area contributed by atoms with E-state index in [2.05, 4.69) is 10.3 Å². The highest BCUT2D eigenvalue weighted by atomic mass is 15.5. The lowest BCUT2D eigenvalue weighted by Crippen LogP contribution is -1.97. The topological polar surface area (TPSA) is 75.5 Å². The zero-order valence-electron chi connectivity index (χ0n) is 7.55. The summed E-state index contributed by atoms with van der Waals surface area (Å²) >= 11 is 0. The molecule has 0 unspecified atom stereocenters. The van der Waals surface area contributed by atoms with Crippen molar-refractivity contribution in [1.29, 1.82) is 10.5 Å². The molecule has 0 N–H and O–H groups in total. The first-order chi connectivity index (χ1) is 6.77. The summed E-state index contributed by atoms with van der Waals surface area (Å²) in [5.74, 6) is 0. The summed E-state index contributed by atoms with van der Waals surface area (Å²) in [5, 5.41) is 24.5. The van der Waals surface area contributed by atoms with Gasteiger partial charge in [0.2, 0.25) is 12.4 Å². The number of rotatable bonds is 2. The van der Waals surface area contributed by atoms with Crippen molar-refractivity contribution in [1.82, 2.24) is 5.01 Å². The van der Waals surface area contributed by atoms with Gasteiger partial charge in [0, 0.05) is 0 Å². The summed E-state index contributed by atoms with van der Waals surface area (Å²) < 4.78 is 0. The van der Waals surface area contributed by atoms with Crippen LogP contribution in [-0.4, -0.2) is 5.01 Å². The van der Waals surface area contributed by atoms with Gasteiger partial charge in [-0.3, -0.25) is 0 Å². The van der Waals surface area contributed by atoms with Crippen LogP contribution in [-0.2, 0) is 0 Å². The van der Waals surface area contributed by atoms with E-state index in [9.17, 15) is 0 Å². The first kappa shape index (κ1) is 9.69. The molecular formula is C9H7N5. The van der Waals surface area contributed by atoms with Crippen molar-refractivity contribution < 1.29 is 0 Å². The van der Waals surface area contributed by atoms with Gasteiger partial charge in [-0.15, -0.1) is 5.11 Å². The molecule has 0 aromatic heterocycles. The van der Waals surface area contributed by atoms with Gasteiger partial charge in [-0.1, -0.05) is 23.2 Å². The van der Waals surface area contributed by atoms with Gasteiger partial charge < -0.3 is 0 Å². The van der Waals surface area contributed by atoms with Crippen LogP contribution in [0.1, 0.15) is 5.56 Å². The lowest BCUT2D eigenvalue weighted by Gasteiger charge is -1.97. The molecule has 1 rings (SSSR count). The smallest absolute Gasteiger partial charge is 0.170 e. The normalized spacial score (nSPS) is 9.36. The SMILES string of the molecule is Cc1ccccc1N=NN(C#N)C#N. The molecule has 68 valence electrons. The molecule has 5 heteroatoms. The minimum absolute atomic E-state index is 0.534. The summed E-state index contributed by atoms with van der Waals surface area (Å²) in [6.07, 6.45) is 3.11. The van der Waals surface area contributed by atoms with Crippen LogP contribution in [0.5, 0.6) is 0 Å². The summed E-state index contributed by atoms with van der Waals surface area (Å²) in [7, 11) is 0. The number of aryl methyl sites for hydroxylation is 1. The van der Waals surface area contributed by atoms with E-state index in [4.69, 9.17) is 10.5 Å². The third kappa shape index (κ3) is 2.29. The third-order valence-electron chi connectivity index (χ3n) is 1.55. The third-order valence-corrected chi connectivity index (χ3v) is 1.55. The van der Waals surface area contributed by atoms with Gasteiger partial charge in [-0.2, -0.15) is 10.5 Å². The summed E-state index contributed by atoms with van der Waals surface area (Å²) in [6, 6.07) is 7.31. The van der Waals surface area contributed by atoms with E-state index in [0.717, 1.165) is 5.56 Å². The van der Waals surface area contributed by atoms with Gasteiger partial charge in [0.05, 0.1) is 5.69 Å². The first-order valence-electron chi connectivity index (χ1n) is 3.85. The van der Waals surface area contributed by atoms with Crippen LogP contribution < -0.4 is 0 Å². The maximum atomic E-state index is 8.37. The summed E-state index contributed by atoms with van der Waals surface area (Å²) in [4.78, 5) is 0. The van der Waals surface area contributed by atoms with Crippen molar-refractivity contribution in [2.75, 3.05) is 0 Å². The van der Waals surface area contributed by atoms with E-state index in [1.54, 1.807) is 18.5 Å². The van der Waals surface area contributed by atoms with Crippen LogP contribution in [0.4, 0.5) is 5.69 Å². The monoisotopic (exact) mass is 185 g/mol. The highest BCUT2D eigenvalue weighted by Gasteiger charge is 1.96. The summed E-state index contributed by atoms with van der Waals surface area (Å²) in [5.41, 5.74) is 1.58. The molecule has 1 aromatic carbocycles. The minimum atomic E-state index is 0.534. The van der Waals surface area contributed by atoms with Gasteiger partial charge in [-0.05, 0) is 23.8 Å². The number of hydrogen-bond acceptors (Lipinski definition) is 4. The second-order valence-electron chi connectivity index (χ2n) is 2.49. The van der Waals surface area contributed by atoms with Crippen molar-refractivity contribution in [2.45, 2.75) is 6.92 Å². The van der Waals surface area contributed by atoms with Gasteiger partial charge in [-0.25, -0.2) is 0 Å². The zero-order chi connectivity index (χ0) is 10.4. The predicted octanol–water partition coefficient (Wildman–Crippen LogP) is 2.26. The molecule has 0 amide bonds. The van der Waals surface area contributed by atoms with Gasteiger partial charge in [0.1, 0.15) is 0 Å². The standard InChI is InChI=1S/C9H7N5/c1-8-4-2-3-5-9(8)12-13-14(6-10)7-11/h2-5H,1H3. The maximum Gasteiger partial charge on any atom is 0.218 e. The Kier molecular flexibility index (Phi) is 3.17. The average Bonchev–Trinajstić information content (AvgIpc) is 2.22. The van der Waals surface area contributed by atoms with Crippen LogP contribution in [0, 0.1) is 29.8 Å². The van der Waals surface area contributed by atoms with Crippen molar-refractivity contribution >= 4 is 5.69 Å². The molecule has 0 aliphatic carbocycles. The number of benzene rings is 1. The minimum Gasteiger partial charge on any atom is -0.170 e. The van der Waals surface area contributed by atoms with Gasteiger partial charge in [0.25, 0.3) is 0 Å². The van der Waals surface area contributed by atoms with Crippen LogP contribution in [0.2, 0.25) is 0 Å². The molecular weight excluding hydrogens is 178 g/mol. The maximum absolute atomic E-state index is 8.37. The predicted molar refractivity (Wildman–Crippen MR) is 48.8 cm³/mol. The molecule has 0 atom stereocenters. The molecule has 1 aromatic rings. The largest absolute Gasteiger partial charge is 0.218 e. The Morgan fingerprint density at radius 1 is 1.21 bits per heavy atom. The average molecular weight is 185 g/mol. The van der Waals surface area contributed by atoms with E-state index in [1.165, 1.54) is 0 Å². The highest BCUT2D eigenvalue weighted by molar-refractivity contribution is 5.43. The number of nitriles is 2. The molecule has 0 saturated carbocycles. The van der Waals surface area contributed by atoms with E-state index >= 15 is 0 Å². The van der Waals surface area contributed by atoms with Crippen LogP contribution in [0.15, 0.2) is 34.6 Å². The van der Waals surface area contributed by atoms with Crippen LogP contribution in [0.3, 0.4) is 0 Å². The van der Waals surface area contributed by atoms with Gasteiger partial charge >= 0.3 is 0 Å². The van der Waals surface area contributed by atoms with Crippen molar-refractivity contribution in [2.24, 2.45) is 10.3 Å². The molecule has 0 aliphatic heterocycles. The second kappa shape index (κ2) is 4.58. The van der Waals surface area contributed by atoms with Crippen molar-refractivity contribution in [3.63, 3.8) is 0 Å². The quantitative estimate of drug-likeness (QED) is 0.307. The van der Waals surface area contributed by atoms with E-state index < -0.39 is 0 Å². The molecule has 0 bridgehead atoms. The lowest BCUT2D eigenvalue weighted by atomic mass is 10.2. The second-order valence-corrected chi connectivity index (χ2v) is 2.49. The molecule has 14 heavy (non-hydrogen) atoms. The molecule has 0 fully saturated rings. The number of nitrogens with zero attached hydrogens (tertiary/aromatic N) is 5. The Balaban J connectivity index is 2.86. The molecule has 5 nitrogen and oxygen atoms in total. The molecule has 0 heterocycles. The van der Waals surface area contributed by atoms with Crippen LogP contribution in [0.25, 0.3) is 0 Å². The van der Waals surface area contributed by atoms with E-state index in [1.807, 2.05) is 25.1 Å². The Hall–Kier alpha value is -2.40. The fourth-order valence-corrected chi connectivity index (χ4v) is 0.831. The Bertz CT molecular complexity index is 410. The first-order valence-corrected chi connectivity index (χ1v) is 3.85. The summed E-state index contributed by atoms with van der Waals surface area (Å²) in [6.45, 7) is 1.87. The highest BCUT2D eigenvalue weighted by Crippen LogP contribution is 2.17. The molecule has 0 aliphatic rings. The Morgan fingerprint density at radius 3 is 2.43 bits per heavy atom. The zero-order valence-corrected chi connectivity index (χ0v) is 7.55. The van der Waals surface area contributed by atoms with Crippen molar-refractivity contribution in [3.05, 3.63) is 29.8 Å². The lowest BCUT2D eigenvalue weighted by molar-refractivity contribution is 0.545. The number of hydrogen-bond donors (Lipinski definition) is 0. The van der Waals surface area contributed by atoms with Crippen molar-refractivity contribution in [3.8, 4) is 12.4 Å².